The summed E-state index contributed by atoms with van der Waals surface area (Å²) in [6.07, 6.45) is 2.36. The van der Waals surface area contributed by atoms with Gasteiger partial charge in [-0.2, -0.15) is 0 Å². The van der Waals surface area contributed by atoms with E-state index in [0.717, 1.165) is 19.6 Å². The molecule has 7 nitrogen and oxygen atoms in total. The summed E-state index contributed by atoms with van der Waals surface area (Å²) in [5.41, 5.74) is 1.18. The molecular weight excluding hydrogens is 456 g/mol. The second-order valence-electron chi connectivity index (χ2n) is 8.51. The SMILES string of the molecule is C=CCOc1cccc(C2/C(=C(\O)c3cccc(OCC)c3)C(=O)C(=O)N2CCCN(CC)CC)c1. The third-order valence-corrected chi connectivity index (χ3v) is 6.27. The second kappa shape index (κ2) is 12.9. The fraction of sp³-hybridized carbons (Fsp3) is 0.379. The van der Waals surface area contributed by atoms with Gasteiger partial charge in [0.05, 0.1) is 18.2 Å². The zero-order chi connectivity index (χ0) is 26.1. The molecule has 1 aliphatic heterocycles. The van der Waals surface area contributed by atoms with Crippen molar-refractivity contribution in [3.63, 3.8) is 0 Å². The molecule has 1 fully saturated rings. The van der Waals surface area contributed by atoms with Crippen LogP contribution in [-0.2, 0) is 9.59 Å². The fourth-order valence-electron chi connectivity index (χ4n) is 4.45. The number of ether oxygens (including phenoxy) is 2. The van der Waals surface area contributed by atoms with Crippen LogP contribution in [-0.4, -0.2) is 66.0 Å². The lowest BCUT2D eigenvalue weighted by Gasteiger charge is -2.27. The van der Waals surface area contributed by atoms with Crippen LogP contribution < -0.4 is 9.47 Å². The van der Waals surface area contributed by atoms with Gasteiger partial charge in [-0.1, -0.05) is 50.8 Å². The van der Waals surface area contributed by atoms with Crippen LogP contribution in [0.1, 0.15) is 44.4 Å². The molecule has 0 aliphatic carbocycles. The summed E-state index contributed by atoms with van der Waals surface area (Å²) < 4.78 is 11.3. The molecule has 2 aromatic carbocycles. The van der Waals surface area contributed by atoms with Crippen LogP contribution in [0, 0.1) is 0 Å². The van der Waals surface area contributed by atoms with E-state index < -0.39 is 17.7 Å². The van der Waals surface area contributed by atoms with Crippen LogP contribution in [0.4, 0.5) is 0 Å². The van der Waals surface area contributed by atoms with E-state index in [1.807, 2.05) is 25.1 Å². The number of rotatable bonds is 13. The van der Waals surface area contributed by atoms with Crippen LogP contribution in [0.25, 0.3) is 5.76 Å². The molecule has 0 spiro atoms. The summed E-state index contributed by atoms with van der Waals surface area (Å²) in [5, 5.41) is 11.3. The topological polar surface area (TPSA) is 79.3 Å². The number of nitrogens with zero attached hydrogens (tertiary/aromatic N) is 2. The number of hydrogen-bond acceptors (Lipinski definition) is 6. The first-order valence-electron chi connectivity index (χ1n) is 12.5. The Kier molecular flexibility index (Phi) is 9.70. The second-order valence-corrected chi connectivity index (χ2v) is 8.51. The number of carbonyl (C=O) groups excluding carboxylic acids is 2. The van der Waals surface area contributed by atoms with Crippen molar-refractivity contribution in [1.82, 2.24) is 9.80 Å². The number of likely N-dealkylation sites (tertiary alicyclic amines) is 1. The van der Waals surface area contributed by atoms with E-state index in [1.165, 1.54) is 0 Å². The number of amides is 1. The number of carbonyl (C=O) groups is 2. The summed E-state index contributed by atoms with van der Waals surface area (Å²) in [6.45, 7) is 13.6. The first-order valence-corrected chi connectivity index (χ1v) is 12.5. The van der Waals surface area contributed by atoms with Gasteiger partial charge < -0.3 is 24.4 Å². The van der Waals surface area contributed by atoms with Crippen LogP contribution in [0.5, 0.6) is 11.5 Å². The highest BCUT2D eigenvalue weighted by Crippen LogP contribution is 2.40. The molecule has 192 valence electrons. The van der Waals surface area contributed by atoms with E-state index in [0.29, 0.717) is 48.8 Å². The van der Waals surface area contributed by atoms with E-state index in [1.54, 1.807) is 41.3 Å². The molecular formula is C29H36N2O5. The summed E-state index contributed by atoms with van der Waals surface area (Å²) >= 11 is 0. The molecule has 0 aromatic heterocycles. The Morgan fingerprint density at radius 3 is 2.42 bits per heavy atom. The van der Waals surface area contributed by atoms with Gasteiger partial charge in [-0.3, -0.25) is 9.59 Å². The van der Waals surface area contributed by atoms with Crippen LogP contribution in [0.3, 0.4) is 0 Å². The Balaban J connectivity index is 2.06. The summed E-state index contributed by atoms with van der Waals surface area (Å²) in [4.78, 5) is 30.4. The van der Waals surface area contributed by atoms with Gasteiger partial charge in [0, 0.05) is 12.1 Å². The lowest BCUT2D eigenvalue weighted by atomic mass is 9.95. The molecule has 36 heavy (non-hydrogen) atoms. The van der Waals surface area contributed by atoms with Crippen molar-refractivity contribution in [1.29, 1.82) is 0 Å². The summed E-state index contributed by atoms with van der Waals surface area (Å²) in [5.74, 6) is -0.353. The average molecular weight is 493 g/mol. The largest absolute Gasteiger partial charge is 0.507 e. The number of hydrogen-bond donors (Lipinski definition) is 1. The fourth-order valence-corrected chi connectivity index (χ4v) is 4.45. The van der Waals surface area contributed by atoms with Crippen molar-refractivity contribution in [3.8, 4) is 11.5 Å². The zero-order valence-electron chi connectivity index (χ0n) is 21.4. The molecule has 7 heteroatoms. The zero-order valence-corrected chi connectivity index (χ0v) is 21.4. The maximum absolute atomic E-state index is 13.3. The first kappa shape index (κ1) is 27.0. The predicted octanol–water partition coefficient (Wildman–Crippen LogP) is 4.80. The molecule has 1 unspecified atom stereocenters. The van der Waals surface area contributed by atoms with Gasteiger partial charge in [0.1, 0.15) is 23.9 Å². The molecule has 2 aromatic rings. The molecule has 0 radical (unpaired) electrons. The Labute approximate surface area is 213 Å². The molecule has 1 atom stereocenters. The summed E-state index contributed by atoms with van der Waals surface area (Å²) in [6, 6.07) is 13.5. The monoisotopic (exact) mass is 492 g/mol. The predicted molar refractivity (Wildman–Crippen MR) is 141 cm³/mol. The first-order chi connectivity index (χ1) is 17.4. The summed E-state index contributed by atoms with van der Waals surface area (Å²) in [7, 11) is 0. The third kappa shape index (κ3) is 6.15. The normalized spacial score (nSPS) is 17.0. The minimum absolute atomic E-state index is 0.0670. The Bertz CT molecular complexity index is 1110. The van der Waals surface area contributed by atoms with Gasteiger partial charge in [-0.15, -0.1) is 0 Å². The van der Waals surface area contributed by atoms with Crippen LogP contribution >= 0.6 is 0 Å². The standard InChI is InChI=1S/C29H36N2O5/c1-5-18-36-24-15-9-12-21(19-24)26-25(27(32)22-13-10-14-23(20-22)35-8-4)28(33)29(34)31(26)17-11-16-30(6-2)7-3/h5,9-10,12-15,19-20,26,32H,1,6-8,11,16-18H2,2-4H3/b27-25+. The maximum atomic E-state index is 13.3. The molecule has 1 saturated heterocycles. The Hall–Kier alpha value is -3.58. The quantitative estimate of drug-likeness (QED) is 0.187. The number of aliphatic hydroxyl groups is 1. The van der Waals surface area contributed by atoms with Gasteiger partial charge in [0.25, 0.3) is 11.7 Å². The van der Waals surface area contributed by atoms with E-state index in [-0.39, 0.29) is 11.3 Å². The smallest absolute Gasteiger partial charge is 0.295 e. The number of aliphatic hydroxyl groups excluding tert-OH is 1. The maximum Gasteiger partial charge on any atom is 0.295 e. The van der Waals surface area contributed by atoms with Gasteiger partial charge in [-0.05, 0) is 62.8 Å². The average Bonchev–Trinajstić information content (AvgIpc) is 3.15. The van der Waals surface area contributed by atoms with E-state index in [2.05, 4.69) is 25.3 Å². The van der Waals surface area contributed by atoms with Crippen molar-refractivity contribution in [2.45, 2.75) is 33.2 Å². The molecule has 1 amide bonds. The van der Waals surface area contributed by atoms with Gasteiger partial charge >= 0.3 is 0 Å². The molecule has 3 rings (SSSR count). The van der Waals surface area contributed by atoms with Gasteiger partial charge in [-0.25, -0.2) is 0 Å². The third-order valence-electron chi connectivity index (χ3n) is 6.27. The highest BCUT2D eigenvalue weighted by atomic mass is 16.5. The minimum atomic E-state index is -0.732. The Morgan fingerprint density at radius 1 is 1.06 bits per heavy atom. The van der Waals surface area contributed by atoms with Crippen molar-refractivity contribution in [2.75, 3.05) is 39.4 Å². The lowest BCUT2D eigenvalue weighted by Crippen LogP contribution is -2.33. The molecule has 1 N–H and O–H groups in total. The highest BCUT2D eigenvalue weighted by molar-refractivity contribution is 6.46. The number of benzene rings is 2. The van der Waals surface area contributed by atoms with Gasteiger partial charge in [0.15, 0.2) is 0 Å². The van der Waals surface area contributed by atoms with Crippen LogP contribution in [0.2, 0.25) is 0 Å². The van der Waals surface area contributed by atoms with Crippen molar-refractivity contribution in [2.24, 2.45) is 0 Å². The minimum Gasteiger partial charge on any atom is -0.507 e. The van der Waals surface area contributed by atoms with Gasteiger partial charge in [0.2, 0.25) is 0 Å². The Morgan fingerprint density at radius 2 is 1.75 bits per heavy atom. The molecule has 1 heterocycles. The molecule has 0 saturated carbocycles. The molecule has 0 bridgehead atoms. The highest BCUT2D eigenvalue weighted by Gasteiger charge is 2.46. The van der Waals surface area contributed by atoms with Crippen molar-refractivity contribution >= 4 is 17.4 Å². The lowest BCUT2D eigenvalue weighted by molar-refractivity contribution is -0.140. The van der Waals surface area contributed by atoms with Crippen molar-refractivity contribution in [3.05, 3.63) is 77.9 Å². The number of ketones is 1. The van der Waals surface area contributed by atoms with Crippen molar-refractivity contribution < 1.29 is 24.2 Å². The van der Waals surface area contributed by atoms with E-state index >= 15 is 0 Å². The number of Topliss-reactive ketones (excluding diaryl/α,β-unsaturated/α-hetero) is 1. The molecule has 1 aliphatic rings. The van der Waals surface area contributed by atoms with E-state index in [4.69, 9.17) is 9.47 Å². The van der Waals surface area contributed by atoms with E-state index in [9.17, 15) is 14.7 Å². The van der Waals surface area contributed by atoms with Crippen LogP contribution in [0.15, 0.2) is 66.8 Å².